The van der Waals surface area contributed by atoms with Crippen molar-refractivity contribution in [3.63, 3.8) is 0 Å². The summed E-state index contributed by atoms with van der Waals surface area (Å²) >= 11 is 5.95. The molecule has 1 aromatic rings. The van der Waals surface area contributed by atoms with Crippen molar-refractivity contribution in [1.29, 1.82) is 0 Å². The number of nitrogens with one attached hydrogen (secondary N) is 1. The van der Waals surface area contributed by atoms with Crippen molar-refractivity contribution in [2.75, 3.05) is 52.6 Å². The third-order valence-electron chi connectivity index (χ3n) is 3.85. The van der Waals surface area contributed by atoms with Gasteiger partial charge in [-0.15, -0.1) is 0 Å². The van der Waals surface area contributed by atoms with Crippen LogP contribution in [0.4, 0.5) is 5.69 Å². The number of carbonyl (C=O) groups excluding carboxylic acids is 3. The van der Waals surface area contributed by atoms with Gasteiger partial charge < -0.3 is 15.1 Å². The lowest BCUT2D eigenvalue weighted by Gasteiger charge is -2.24. The number of hydrogen-bond acceptors (Lipinski definition) is 4. The number of amides is 3. The molecule has 0 saturated heterocycles. The van der Waals surface area contributed by atoms with Crippen molar-refractivity contribution in [2.45, 2.75) is 13.8 Å². The maximum atomic E-state index is 12.4. The zero-order chi connectivity index (χ0) is 19.9. The van der Waals surface area contributed by atoms with Crippen LogP contribution in [-0.4, -0.2) is 79.7 Å². The third-order valence-corrected chi connectivity index (χ3v) is 4.09. The van der Waals surface area contributed by atoms with Crippen molar-refractivity contribution >= 4 is 35.0 Å². The molecule has 0 aromatic heterocycles. The van der Waals surface area contributed by atoms with Crippen LogP contribution in [0.5, 0.6) is 0 Å². The maximum Gasteiger partial charge on any atom is 0.244 e. The van der Waals surface area contributed by atoms with Crippen molar-refractivity contribution < 1.29 is 14.4 Å². The van der Waals surface area contributed by atoms with Gasteiger partial charge in [-0.25, -0.2) is 0 Å². The van der Waals surface area contributed by atoms with E-state index in [0.29, 0.717) is 17.3 Å². The van der Waals surface area contributed by atoms with Crippen molar-refractivity contribution in [3.05, 3.63) is 28.8 Å². The van der Waals surface area contributed by atoms with Gasteiger partial charge in [0.05, 0.1) is 19.6 Å². The Bertz CT molecular complexity index is 664. The minimum absolute atomic E-state index is 0.0588. The molecule has 3 amide bonds. The minimum Gasteiger partial charge on any atom is -0.348 e. The Labute approximate surface area is 159 Å². The lowest BCUT2D eigenvalue weighted by molar-refractivity contribution is -0.136. The van der Waals surface area contributed by atoms with Gasteiger partial charge >= 0.3 is 0 Å². The number of likely N-dealkylation sites (N-methyl/N-ethyl adjacent to an activating group) is 3. The lowest BCUT2D eigenvalue weighted by Crippen LogP contribution is -2.44. The largest absolute Gasteiger partial charge is 0.348 e. The number of rotatable bonds is 8. The van der Waals surface area contributed by atoms with Crippen LogP contribution in [0.25, 0.3) is 0 Å². The molecule has 1 N–H and O–H groups in total. The number of anilines is 1. The smallest absolute Gasteiger partial charge is 0.244 e. The van der Waals surface area contributed by atoms with Crippen molar-refractivity contribution in [2.24, 2.45) is 0 Å². The van der Waals surface area contributed by atoms with Crippen LogP contribution in [0, 0.1) is 6.92 Å². The average molecular weight is 383 g/mol. The van der Waals surface area contributed by atoms with Gasteiger partial charge in [-0.3, -0.25) is 19.3 Å². The Morgan fingerprint density at radius 3 is 2.23 bits per heavy atom. The molecule has 0 saturated carbocycles. The molecule has 1 rings (SSSR count). The van der Waals surface area contributed by atoms with E-state index >= 15 is 0 Å². The molecule has 144 valence electrons. The molecule has 0 unspecified atom stereocenters. The number of benzene rings is 1. The van der Waals surface area contributed by atoms with E-state index in [2.05, 4.69) is 5.32 Å². The molecule has 7 nitrogen and oxygen atoms in total. The van der Waals surface area contributed by atoms with Crippen LogP contribution in [0.15, 0.2) is 18.2 Å². The first-order chi connectivity index (χ1) is 12.1. The highest BCUT2D eigenvalue weighted by atomic mass is 35.5. The fourth-order valence-corrected chi connectivity index (χ4v) is 2.40. The van der Waals surface area contributed by atoms with Gasteiger partial charge in [-0.05, 0) is 38.6 Å². The highest BCUT2D eigenvalue weighted by Crippen LogP contribution is 2.20. The van der Waals surface area contributed by atoms with Gasteiger partial charge in [0, 0.05) is 31.4 Å². The SMILES string of the molecule is CCN(CC(=O)Nc1cc(Cl)ccc1C)C(=O)CN(C)CC(=O)N(C)C. The van der Waals surface area contributed by atoms with E-state index in [9.17, 15) is 14.4 Å². The van der Waals surface area contributed by atoms with Gasteiger partial charge in [-0.1, -0.05) is 17.7 Å². The molecular weight excluding hydrogens is 356 g/mol. The van der Waals surface area contributed by atoms with Crippen LogP contribution < -0.4 is 5.32 Å². The van der Waals surface area contributed by atoms with Crippen LogP contribution in [-0.2, 0) is 14.4 Å². The van der Waals surface area contributed by atoms with E-state index in [1.165, 1.54) is 9.80 Å². The summed E-state index contributed by atoms with van der Waals surface area (Å²) in [6.45, 7) is 4.22. The first-order valence-electron chi connectivity index (χ1n) is 8.36. The number of carbonyl (C=O) groups is 3. The fourth-order valence-electron chi connectivity index (χ4n) is 2.23. The first-order valence-corrected chi connectivity index (χ1v) is 8.74. The summed E-state index contributed by atoms with van der Waals surface area (Å²) in [4.78, 5) is 40.9. The van der Waals surface area contributed by atoms with E-state index in [4.69, 9.17) is 11.6 Å². The summed E-state index contributed by atoms with van der Waals surface area (Å²) in [6.07, 6.45) is 0. The van der Waals surface area contributed by atoms with Crippen LogP contribution >= 0.6 is 11.6 Å². The van der Waals surface area contributed by atoms with Crippen molar-refractivity contribution in [3.8, 4) is 0 Å². The van der Waals surface area contributed by atoms with E-state index < -0.39 is 0 Å². The van der Waals surface area contributed by atoms with Crippen LogP contribution in [0.1, 0.15) is 12.5 Å². The first kappa shape index (κ1) is 21.9. The Morgan fingerprint density at radius 2 is 1.65 bits per heavy atom. The van der Waals surface area contributed by atoms with E-state index in [0.717, 1.165) is 5.56 Å². The molecule has 0 bridgehead atoms. The highest BCUT2D eigenvalue weighted by Gasteiger charge is 2.19. The Kier molecular flexibility index (Phi) is 8.54. The third kappa shape index (κ3) is 7.01. The predicted octanol–water partition coefficient (Wildman–Crippen LogP) is 1.46. The van der Waals surface area contributed by atoms with E-state index in [1.54, 1.807) is 45.1 Å². The second-order valence-electron chi connectivity index (χ2n) is 6.38. The summed E-state index contributed by atoms with van der Waals surface area (Å²) in [5.41, 5.74) is 1.51. The molecule has 0 spiro atoms. The van der Waals surface area contributed by atoms with E-state index in [1.807, 2.05) is 13.0 Å². The standard InChI is InChI=1S/C18H27ClN4O3/c1-6-23(18(26)12-22(5)11-17(25)21(3)4)10-16(24)20-15-9-14(19)8-7-13(15)2/h7-9H,6,10-12H2,1-5H3,(H,20,24). The van der Waals surface area contributed by atoms with Gasteiger partial charge in [-0.2, -0.15) is 0 Å². The predicted molar refractivity (Wildman–Crippen MR) is 103 cm³/mol. The quantitative estimate of drug-likeness (QED) is 0.738. The van der Waals surface area contributed by atoms with Gasteiger partial charge in [0.25, 0.3) is 0 Å². The number of aryl methyl sites for hydroxylation is 1. The van der Waals surface area contributed by atoms with Crippen LogP contribution in [0.3, 0.4) is 0 Å². The average Bonchev–Trinajstić information content (AvgIpc) is 2.55. The van der Waals surface area contributed by atoms with Gasteiger partial charge in [0.2, 0.25) is 17.7 Å². The fraction of sp³-hybridized carbons (Fsp3) is 0.500. The molecule has 0 aliphatic heterocycles. The molecule has 1 aromatic carbocycles. The second kappa shape index (κ2) is 10.1. The van der Waals surface area contributed by atoms with Crippen molar-refractivity contribution in [1.82, 2.24) is 14.7 Å². The van der Waals surface area contributed by atoms with Crippen LogP contribution in [0.2, 0.25) is 5.02 Å². The Balaban J connectivity index is 2.62. The summed E-state index contributed by atoms with van der Waals surface area (Å²) in [6, 6.07) is 5.24. The normalized spacial score (nSPS) is 10.6. The summed E-state index contributed by atoms with van der Waals surface area (Å²) in [5.74, 6) is -0.588. The molecule has 0 radical (unpaired) electrons. The zero-order valence-electron chi connectivity index (χ0n) is 16.0. The minimum atomic E-state index is -0.294. The molecule has 8 heteroatoms. The molecule has 0 aliphatic carbocycles. The lowest BCUT2D eigenvalue weighted by atomic mass is 10.2. The molecule has 0 atom stereocenters. The topological polar surface area (TPSA) is 73.0 Å². The molecule has 0 fully saturated rings. The Morgan fingerprint density at radius 1 is 1.04 bits per heavy atom. The molecule has 0 aliphatic rings. The van der Waals surface area contributed by atoms with Gasteiger partial charge in [0.15, 0.2) is 0 Å². The van der Waals surface area contributed by atoms with Gasteiger partial charge in [0.1, 0.15) is 0 Å². The Hall–Kier alpha value is -2.12. The zero-order valence-corrected chi connectivity index (χ0v) is 16.8. The molecule has 26 heavy (non-hydrogen) atoms. The number of nitrogens with zero attached hydrogens (tertiary/aromatic N) is 3. The maximum absolute atomic E-state index is 12.4. The highest BCUT2D eigenvalue weighted by molar-refractivity contribution is 6.31. The van der Waals surface area contributed by atoms with E-state index in [-0.39, 0.29) is 37.4 Å². The molecular formula is C18H27ClN4O3. The summed E-state index contributed by atoms with van der Waals surface area (Å²) in [5, 5.41) is 3.31. The number of hydrogen-bond donors (Lipinski definition) is 1. The summed E-state index contributed by atoms with van der Waals surface area (Å²) < 4.78 is 0. The number of halogens is 1. The molecule has 0 heterocycles. The summed E-state index contributed by atoms with van der Waals surface area (Å²) in [7, 11) is 5.03. The monoisotopic (exact) mass is 382 g/mol. The second-order valence-corrected chi connectivity index (χ2v) is 6.81.